The molecule has 0 saturated carbocycles. The second-order valence-electron chi connectivity index (χ2n) is 11.5. The number of nitrogens with one attached hydrogen (secondary N) is 1. The summed E-state index contributed by atoms with van der Waals surface area (Å²) in [6.45, 7) is 5.45. The van der Waals surface area contributed by atoms with Crippen molar-refractivity contribution in [2.45, 2.75) is 37.6 Å². The topological polar surface area (TPSA) is 91.6 Å². The highest BCUT2D eigenvalue weighted by atomic mass is 19.4. The molecule has 0 unspecified atom stereocenters. The number of benzene rings is 3. The molecule has 0 spiro atoms. The van der Waals surface area contributed by atoms with Crippen molar-refractivity contribution < 1.29 is 22.7 Å². The van der Waals surface area contributed by atoms with Crippen LogP contribution in [0.1, 0.15) is 35.4 Å². The van der Waals surface area contributed by atoms with E-state index < -0.39 is 12.0 Å². The summed E-state index contributed by atoms with van der Waals surface area (Å²) in [6, 6.07) is 25.9. The first kappa shape index (κ1) is 30.7. The van der Waals surface area contributed by atoms with Gasteiger partial charge in [0.2, 0.25) is 5.91 Å². The summed E-state index contributed by atoms with van der Waals surface area (Å²) in [4.78, 5) is 16.8. The summed E-state index contributed by atoms with van der Waals surface area (Å²) >= 11 is 0. The average Bonchev–Trinajstić information content (AvgIpc) is 3.53. The highest BCUT2D eigenvalue weighted by molar-refractivity contribution is 5.72. The van der Waals surface area contributed by atoms with Gasteiger partial charge in [0.25, 0.3) is 5.82 Å². The van der Waals surface area contributed by atoms with E-state index in [1.54, 1.807) is 19.2 Å². The number of carbonyl (C=O) groups is 1. The maximum absolute atomic E-state index is 13.6. The summed E-state index contributed by atoms with van der Waals surface area (Å²) in [5, 5.41) is 12.1. The summed E-state index contributed by atoms with van der Waals surface area (Å²) < 4.78 is 47.2. The molecule has 0 bridgehead atoms. The Morgan fingerprint density at radius 1 is 0.978 bits per heavy atom. The third-order valence-corrected chi connectivity index (χ3v) is 8.51. The molecule has 236 valence electrons. The molecule has 2 fully saturated rings. The number of tetrazole rings is 1. The number of alkyl halides is 3. The van der Waals surface area contributed by atoms with Crippen LogP contribution >= 0.6 is 0 Å². The number of aromatic nitrogens is 4. The number of piperazine rings is 2. The SMILES string of the molecule is COc1ccc(-n2nnnc2C(F)(F)F)cc1CN1C[C@@H]2CN(NC(C)=O)CCN2[C@H](C(c2ccccc2)c2ccccc2)C1. The Morgan fingerprint density at radius 2 is 1.67 bits per heavy atom. The molecule has 2 atom stereocenters. The van der Waals surface area contributed by atoms with E-state index in [0.717, 1.165) is 12.1 Å². The lowest BCUT2D eigenvalue weighted by atomic mass is 9.81. The number of rotatable bonds is 8. The number of fused-ring (bicyclic) bond motifs is 1. The standard InChI is InChI=1S/C32H35F3N8O2/c1-22(44)37-41-15-16-42-27(20-41)19-40(21-28(42)30(23-9-5-3-6-10-23)24-11-7-4-8-12-24)18-25-17-26(13-14-29(25)45-2)43-31(32(33,34)35)36-38-39-43/h3-14,17,27-28,30H,15-16,18-21H2,1-2H3,(H,37,44)/t27-,28+/m1/s1. The maximum atomic E-state index is 13.6. The van der Waals surface area contributed by atoms with E-state index >= 15 is 0 Å². The molecular formula is C32H35F3N8O2. The van der Waals surface area contributed by atoms with Crippen molar-refractivity contribution in [2.24, 2.45) is 0 Å². The third kappa shape index (κ3) is 6.70. The van der Waals surface area contributed by atoms with Crippen LogP contribution in [0.2, 0.25) is 0 Å². The Hall–Kier alpha value is -4.33. The van der Waals surface area contributed by atoms with E-state index in [9.17, 15) is 18.0 Å². The smallest absolute Gasteiger partial charge is 0.453 e. The minimum absolute atomic E-state index is 0.0637. The molecule has 2 saturated heterocycles. The van der Waals surface area contributed by atoms with Crippen molar-refractivity contribution in [3.05, 3.63) is 101 Å². The van der Waals surface area contributed by atoms with Gasteiger partial charge in [-0.3, -0.25) is 20.0 Å². The zero-order valence-electron chi connectivity index (χ0n) is 25.1. The van der Waals surface area contributed by atoms with E-state index in [4.69, 9.17) is 4.74 Å². The summed E-state index contributed by atoms with van der Waals surface area (Å²) in [5.74, 6) is -0.679. The molecule has 45 heavy (non-hydrogen) atoms. The number of carbonyl (C=O) groups excluding carboxylic acids is 1. The van der Waals surface area contributed by atoms with Gasteiger partial charge in [-0.05, 0) is 39.8 Å². The van der Waals surface area contributed by atoms with Crippen LogP contribution in [0.15, 0.2) is 78.9 Å². The second kappa shape index (κ2) is 13.0. The van der Waals surface area contributed by atoms with Crippen LogP contribution in [0.3, 0.4) is 0 Å². The van der Waals surface area contributed by atoms with E-state index in [-0.39, 0.29) is 29.6 Å². The fraction of sp³-hybridized carbons (Fsp3) is 0.375. The van der Waals surface area contributed by atoms with Gasteiger partial charge in [-0.25, -0.2) is 5.01 Å². The van der Waals surface area contributed by atoms with Crippen LogP contribution < -0.4 is 10.2 Å². The lowest BCUT2D eigenvalue weighted by Crippen LogP contribution is -2.68. The predicted molar refractivity (Wildman–Crippen MR) is 160 cm³/mol. The first-order chi connectivity index (χ1) is 21.7. The van der Waals surface area contributed by atoms with Crippen LogP contribution in [0, 0.1) is 0 Å². The number of hydrogen-bond acceptors (Lipinski definition) is 8. The van der Waals surface area contributed by atoms with Crippen molar-refractivity contribution in [3.63, 3.8) is 0 Å². The number of nitrogens with zero attached hydrogens (tertiary/aromatic N) is 7. The van der Waals surface area contributed by atoms with Crippen LogP contribution in [0.5, 0.6) is 5.75 Å². The van der Waals surface area contributed by atoms with Crippen LogP contribution in [-0.2, 0) is 17.5 Å². The molecule has 2 aliphatic rings. The molecule has 2 aliphatic heterocycles. The van der Waals surface area contributed by atoms with Crippen LogP contribution in [-0.4, -0.2) is 92.8 Å². The molecule has 1 amide bonds. The van der Waals surface area contributed by atoms with E-state index in [2.05, 4.69) is 79.3 Å². The van der Waals surface area contributed by atoms with E-state index in [0.29, 0.717) is 43.2 Å². The molecule has 6 rings (SSSR count). The van der Waals surface area contributed by atoms with Crippen LogP contribution in [0.4, 0.5) is 13.2 Å². The Labute approximate surface area is 259 Å². The zero-order valence-corrected chi connectivity index (χ0v) is 25.1. The Bertz CT molecular complexity index is 1560. The van der Waals surface area contributed by atoms with Gasteiger partial charge in [0, 0.05) is 69.8 Å². The van der Waals surface area contributed by atoms with Crippen LogP contribution in [0.25, 0.3) is 5.69 Å². The number of methoxy groups -OCH3 is 1. The minimum atomic E-state index is -4.71. The van der Waals surface area contributed by atoms with Gasteiger partial charge >= 0.3 is 6.18 Å². The number of ether oxygens (including phenoxy) is 1. The van der Waals surface area contributed by atoms with Gasteiger partial charge in [-0.2, -0.15) is 17.9 Å². The van der Waals surface area contributed by atoms with Gasteiger partial charge in [-0.15, -0.1) is 5.10 Å². The highest BCUT2D eigenvalue weighted by Gasteiger charge is 2.43. The van der Waals surface area contributed by atoms with Gasteiger partial charge in [0.1, 0.15) is 5.75 Å². The van der Waals surface area contributed by atoms with Crippen molar-refractivity contribution in [3.8, 4) is 11.4 Å². The number of hydrogen-bond donors (Lipinski definition) is 1. The first-order valence-corrected chi connectivity index (χ1v) is 14.8. The van der Waals surface area contributed by atoms with Gasteiger partial charge in [0.05, 0.1) is 12.8 Å². The summed E-state index contributed by atoms with van der Waals surface area (Å²) in [5.41, 5.74) is 6.28. The Kier molecular flexibility index (Phi) is 8.83. The molecule has 10 nitrogen and oxygen atoms in total. The van der Waals surface area contributed by atoms with E-state index in [1.165, 1.54) is 24.1 Å². The van der Waals surface area contributed by atoms with Crippen molar-refractivity contribution in [1.29, 1.82) is 0 Å². The lowest BCUT2D eigenvalue weighted by Gasteiger charge is -2.53. The third-order valence-electron chi connectivity index (χ3n) is 8.51. The van der Waals surface area contributed by atoms with E-state index in [1.807, 2.05) is 17.1 Å². The van der Waals surface area contributed by atoms with Crippen molar-refractivity contribution in [1.82, 2.24) is 40.4 Å². The number of amides is 1. The largest absolute Gasteiger partial charge is 0.496 e. The molecule has 0 aliphatic carbocycles. The molecule has 0 radical (unpaired) electrons. The van der Waals surface area contributed by atoms with Gasteiger partial charge < -0.3 is 4.74 Å². The molecule has 3 aromatic carbocycles. The molecule has 1 aromatic heterocycles. The molecule has 1 N–H and O–H groups in total. The predicted octanol–water partition coefficient (Wildman–Crippen LogP) is 3.74. The molecule has 3 heterocycles. The number of halogens is 3. The number of hydrazine groups is 1. The average molecular weight is 621 g/mol. The maximum Gasteiger partial charge on any atom is 0.453 e. The summed E-state index contributed by atoms with van der Waals surface area (Å²) in [7, 11) is 1.55. The monoisotopic (exact) mass is 620 g/mol. The quantitative estimate of drug-likeness (QED) is 0.319. The minimum Gasteiger partial charge on any atom is -0.496 e. The second-order valence-corrected chi connectivity index (χ2v) is 11.5. The lowest BCUT2D eigenvalue weighted by molar-refractivity contribution is -0.146. The molecule has 4 aromatic rings. The summed E-state index contributed by atoms with van der Waals surface area (Å²) in [6.07, 6.45) is -4.71. The Morgan fingerprint density at radius 3 is 2.29 bits per heavy atom. The molecule has 13 heteroatoms. The van der Waals surface area contributed by atoms with Crippen molar-refractivity contribution >= 4 is 5.91 Å². The van der Waals surface area contributed by atoms with Gasteiger partial charge in [-0.1, -0.05) is 60.7 Å². The van der Waals surface area contributed by atoms with Gasteiger partial charge in [0.15, 0.2) is 0 Å². The normalized spacial score (nSPS) is 19.8. The zero-order chi connectivity index (χ0) is 31.6. The highest BCUT2D eigenvalue weighted by Crippen LogP contribution is 2.37. The fourth-order valence-electron chi connectivity index (χ4n) is 6.72. The first-order valence-electron chi connectivity index (χ1n) is 14.8. The van der Waals surface area contributed by atoms with Crippen molar-refractivity contribution in [2.75, 3.05) is 39.8 Å². The Balaban J connectivity index is 1.36. The molecular weight excluding hydrogens is 585 g/mol. The fourth-order valence-corrected chi connectivity index (χ4v) is 6.72.